The van der Waals surface area contributed by atoms with E-state index in [1.807, 2.05) is 6.07 Å². The Bertz CT molecular complexity index is 1070. The molecule has 4 saturated carbocycles. The van der Waals surface area contributed by atoms with Crippen molar-refractivity contribution in [2.75, 3.05) is 13.2 Å². The van der Waals surface area contributed by atoms with Crippen LogP contribution in [0.25, 0.3) is 0 Å². The van der Waals surface area contributed by atoms with E-state index in [1.165, 1.54) is 69.9 Å². The van der Waals surface area contributed by atoms with Crippen LogP contribution >= 0.6 is 0 Å². The molecule has 2 unspecified atom stereocenters. The van der Waals surface area contributed by atoms with Gasteiger partial charge in [-0.1, -0.05) is 20.3 Å². The molecule has 38 heavy (non-hydrogen) atoms. The molecule has 9 atom stereocenters. The second-order valence-electron chi connectivity index (χ2n) is 13.7. The molecule has 208 valence electrons. The Morgan fingerprint density at radius 3 is 2.63 bits per heavy atom. The molecular formula is C33H47FN2O2. The minimum atomic E-state index is -0.622. The van der Waals surface area contributed by atoms with Crippen LogP contribution in [-0.4, -0.2) is 25.2 Å². The third kappa shape index (κ3) is 4.91. The monoisotopic (exact) mass is 522 g/mol. The van der Waals surface area contributed by atoms with Gasteiger partial charge in [0.15, 0.2) is 0 Å². The highest BCUT2D eigenvalue weighted by Gasteiger charge is 2.58. The van der Waals surface area contributed by atoms with Gasteiger partial charge in [-0.3, -0.25) is 4.79 Å². The quantitative estimate of drug-likeness (QED) is 0.420. The van der Waals surface area contributed by atoms with Crippen LogP contribution < -0.4 is 5.32 Å². The van der Waals surface area contributed by atoms with Crippen molar-refractivity contribution in [1.29, 1.82) is 5.26 Å². The Kier molecular flexibility index (Phi) is 7.94. The molecule has 4 fully saturated rings. The van der Waals surface area contributed by atoms with Gasteiger partial charge in [0, 0.05) is 19.3 Å². The van der Waals surface area contributed by atoms with Gasteiger partial charge in [0.05, 0.1) is 17.2 Å². The average Bonchev–Trinajstić information content (AvgIpc) is 2.90. The van der Waals surface area contributed by atoms with Crippen LogP contribution in [0, 0.1) is 63.5 Å². The van der Waals surface area contributed by atoms with Gasteiger partial charge in [-0.2, -0.15) is 5.26 Å². The van der Waals surface area contributed by atoms with E-state index in [4.69, 9.17) is 10.00 Å². The predicted molar refractivity (Wildman–Crippen MR) is 148 cm³/mol. The van der Waals surface area contributed by atoms with Crippen LogP contribution in [0.2, 0.25) is 0 Å². The Hall–Kier alpha value is -1.93. The zero-order valence-electron chi connectivity index (χ0n) is 23.9. The van der Waals surface area contributed by atoms with Crippen LogP contribution in [0.3, 0.4) is 0 Å². The van der Waals surface area contributed by atoms with Crippen molar-refractivity contribution in [2.45, 2.75) is 97.9 Å². The number of nitrogens with one attached hydrogen (secondary N) is 1. The average molecular weight is 523 g/mol. The summed E-state index contributed by atoms with van der Waals surface area (Å²) < 4.78 is 20.4. The second-order valence-corrected chi connectivity index (χ2v) is 13.7. The Morgan fingerprint density at radius 1 is 1.13 bits per heavy atom. The smallest absolute Gasteiger partial charge is 0.254 e. The van der Waals surface area contributed by atoms with E-state index in [0.29, 0.717) is 11.3 Å². The number of rotatable bonds is 6. The Balaban J connectivity index is 1.28. The van der Waals surface area contributed by atoms with E-state index < -0.39 is 5.82 Å². The van der Waals surface area contributed by atoms with E-state index in [2.05, 4.69) is 33.0 Å². The summed E-state index contributed by atoms with van der Waals surface area (Å²) in [6, 6.07) is 6.04. The predicted octanol–water partition coefficient (Wildman–Crippen LogP) is 7.52. The minimum absolute atomic E-state index is 0.00949. The van der Waals surface area contributed by atoms with E-state index in [-0.39, 0.29) is 28.5 Å². The number of nitrogens with zero attached hydrogens (tertiary/aromatic N) is 1. The summed E-state index contributed by atoms with van der Waals surface area (Å²) in [6.45, 7) is 11.1. The lowest BCUT2D eigenvalue weighted by atomic mass is 9.42. The van der Waals surface area contributed by atoms with Gasteiger partial charge < -0.3 is 10.1 Å². The molecule has 5 heteroatoms. The lowest BCUT2D eigenvalue weighted by Gasteiger charge is -2.63. The number of ether oxygens (including phenoxy) is 1. The first kappa shape index (κ1) is 27.6. The van der Waals surface area contributed by atoms with Crippen molar-refractivity contribution in [2.24, 2.45) is 46.3 Å². The topological polar surface area (TPSA) is 62.1 Å². The largest absolute Gasteiger partial charge is 0.381 e. The van der Waals surface area contributed by atoms with Crippen molar-refractivity contribution in [3.63, 3.8) is 0 Å². The van der Waals surface area contributed by atoms with E-state index in [9.17, 15) is 9.18 Å². The van der Waals surface area contributed by atoms with Gasteiger partial charge >= 0.3 is 0 Å². The molecule has 1 N–H and O–H groups in total. The molecule has 5 rings (SSSR count). The van der Waals surface area contributed by atoms with Gasteiger partial charge in [0.2, 0.25) is 0 Å². The molecule has 0 spiro atoms. The van der Waals surface area contributed by atoms with Gasteiger partial charge in [-0.25, -0.2) is 4.39 Å². The zero-order chi connectivity index (χ0) is 27.1. The molecule has 0 saturated heterocycles. The van der Waals surface area contributed by atoms with Crippen LogP contribution in [0.4, 0.5) is 4.39 Å². The molecule has 4 aliphatic carbocycles. The summed E-state index contributed by atoms with van der Waals surface area (Å²) in [5.74, 6) is 3.36. The van der Waals surface area contributed by atoms with E-state index >= 15 is 0 Å². The summed E-state index contributed by atoms with van der Waals surface area (Å²) in [7, 11) is 0. The maximum absolute atomic E-state index is 14.5. The Labute approximate surface area is 229 Å². The molecule has 1 aromatic carbocycles. The summed E-state index contributed by atoms with van der Waals surface area (Å²) in [4.78, 5) is 13.1. The summed E-state index contributed by atoms with van der Waals surface area (Å²) in [6.07, 6.45) is 12.9. The molecule has 1 amide bonds. The van der Waals surface area contributed by atoms with Crippen molar-refractivity contribution >= 4 is 5.91 Å². The number of hydrogen-bond acceptors (Lipinski definition) is 3. The Morgan fingerprint density at radius 2 is 1.89 bits per heavy atom. The summed E-state index contributed by atoms with van der Waals surface area (Å²) in [5.41, 5.74) is 0.950. The van der Waals surface area contributed by atoms with Crippen LogP contribution in [0.15, 0.2) is 18.2 Å². The first-order valence-corrected chi connectivity index (χ1v) is 15.3. The first-order chi connectivity index (χ1) is 18.2. The second kappa shape index (κ2) is 10.9. The van der Waals surface area contributed by atoms with Crippen molar-refractivity contribution in [3.8, 4) is 6.07 Å². The molecule has 4 aliphatic rings. The number of amides is 1. The SMILES string of the molecule is CCOC[C@H]1CC[C@@H]2C3CC[C@@]4(C)C(CCC[C@@H]4[C@@H](C)NC(=O)c4ccc(C#N)cc4F)[C@@H]3CC[C@]2(C)C1. The van der Waals surface area contributed by atoms with Gasteiger partial charge in [0.25, 0.3) is 5.91 Å². The standard InChI is InChI=1S/C33H47FN2O2/c1-5-38-20-23-10-12-28-24-14-16-33(4)27(7-6-8-29(33)25(24)13-15-32(28,3)18-23)21(2)36-31(37)26-11-9-22(19-35)17-30(26)34/h9,11,17,21,23-25,27-29H,5-8,10,12-16,18,20H2,1-4H3,(H,36,37)/t21-,23+,24?,25-,27-,28-,29?,32-,33-/m1/s1. The highest BCUT2D eigenvalue weighted by molar-refractivity contribution is 5.94. The fourth-order valence-electron chi connectivity index (χ4n) is 10.1. The molecule has 4 nitrogen and oxygen atoms in total. The van der Waals surface area contributed by atoms with Crippen LogP contribution in [0.1, 0.15) is 108 Å². The van der Waals surface area contributed by atoms with Gasteiger partial charge in [-0.05, 0) is 136 Å². The minimum Gasteiger partial charge on any atom is -0.381 e. The van der Waals surface area contributed by atoms with Crippen molar-refractivity contribution in [1.82, 2.24) is 5.32 Å². The van der Waals surface area contributed by atoms with E-state index in [0.717, 1.165) is 55.3 Å². The van der Waals surface area contributed by atoms with Crippen molar-refractivity contribution < 1.29 is 13.9 Å². The van der Waals surface area contributed by atoms with Crippen LogP contribution in [-0.2, 0) is 4.74 Å². The summed E-state index contributed by atoms with van der Waals surface area (Å²) in [5, 5.41) is 12.2. The molecule has 0 bridgehead atoms. The first-order valence-electron chi connectivity index (χ1n) is 15.3. The highest BCUT2D eigenvalue weighted by Crippen LogP contribution is 2.66. The van der Waals surface area contributed by atoms with Crippen molar-refractivity contribution in [3.05, 3.63) is 35.1 Å². The third-order valence-electron chi connectivity index (χ3n) is 11.8. The summed E-state index contributed by atoms with van der Waals surface area (Å²) >= 11 is 0. The fourth-order valence-corrected chi connectivity index (χ4v) is 10.1. The number of carbonyl (C=O) groups excluding carboxylic acids is 1. The number of carbonyl (C=O) groups is 1. The number of fused-ring (bicyclic) bond motifs is 5. The lowest BCUT2D eigenvalue weighted by molar-refractivity contribution is -0.140. The molecule has 1 aromatic rings. The fraction of sp³-hybridized carbons (Fsp3) is 0.758. The number of benzene rings is 1. The molecular weight excluding hydrogens is 475 g/mol. The molecule has 0 aliphatic heterocycles. The number of hydrogen-bond donors (Lipinski definition) is 1. The normalized spacial score (nSPS) is 39.2. The van der Waals surface area contributed by atoms with Gasteiger partial charge in [-0.15, -0.1) is 0 Å². The molecule has 0 radical (unpaired) electrons. The zero-order valence-corrected chi connectivity index (χ0v) is 23.9. The van der Waals surface area contributed by atoms with E-state index in [1.54, 1.807) is 0 Å². The maximum Gasteiger partial charge on any atom is 0.254 e. The maximum atomic E-state index is 14.5. The third-order valence-corrected chi connectivity index (χ3v) is 11.8. The molecule has 0 heterocycles. The highest BCUT2D eigenvalue weighted by atomic mass is 19.1. The number of nitriles is 1. The molecule has 0 aromatic heterocycles. The number of halogens is 1. The lowest BCUT2D eigenvalue weighted by Crippen LogP contribution is -2.57. The van der Waals surface area contributed by atoms with Gasteiger partial charge in [0.1, 0.15) is 5.82 Å². The van der Waals surface area contributed by atoms with Crippen LogP contribution in [0.5, 0.6) is 0 Å².